The van der Waals surface area contributed by atoms with Crippen molar-refractivity contribution >= 4 is 11.6 Å². The van der Waals surface area contributed by atoms with E-state index < -0.39 is 23.4 Å². The first-order valence-corrected chi connectivity index (χ1v) is 7.94. The molecule has 7 nitrogen and oxygen atoms in total. The molecule has 0 aliphatic carbocycles. The molecule has 0 fully saturated rings. The van der Waals surface area contributed by atoms with Crippen molar-refractivity contribution in [2.45, 2.75) is 25.9 Å². The zero-order valence-corrected chi connectivity index (χ0v) is 14.8. The third-order valence-corrected chi connectivity index (χ3v) is 3.63. The Bertz CT molecular complexity index is 805. The Labute approximate surface area is 154 Å². The maximum atomic E-state index is 13.3. The number of aliphatic hydroxyl groups is 1. The highest BCUT2D eigenvalue weighted by Gasteiger charge is 2.17. The van der Waals surface area contributed by atoms with Gasteiger partial charge in [0.2, 0.25) is 5.95 Å². The minimum atomic E-state index is -2.95. The fraction of sp³-hybridized carbons (Fsp3) is 0.294. The molecule has 2 aromatic rings. The van der Waals surface area contributed by atoms with Gasteiger partial charge >= 0.3 is 0 Å². The summed E-state index contributed by atoms with van der Waals surface area (Å²) < 4.78 is 38.9. The van der Waals surface area contributed by atoms with Crippen LogP contribution < -0.4 is 21.9 Å². The third kappa shape index (κ3) is 5.56. The summed E-state index contributed by atoms with van der Waals surface area (Å²) >= 11 is 0. The van der Waals surface area contributed by atoms with Crippen molar-refractivity contribution in [2.75, 3.05) is 16.9 Å². The summed E-state index contributed by atoms with van der Waals surface area (Å²) in [5, 5.41) is 13.7. The lowest BCUT2D eigenvalue weighted by molar-refractivity contribution is 0.0778. The fourth-order valence-electron chi connectivity index (χ4n) is 2.07. The summed E-state index contributed by atoms with van der Waals surface area (Å²) in [4.78, 5) is 8.12. The number of benzene rings is 1. The molecular weight excluding hydrogens is 361 g/mol. The van der Waals surface area contributed by atoms with E-state index in [9.17, 15) is 18.3 Å². The number of hydrogen-bond acceptors (Lipinski definition) is 7. The molecule has 1 aromatic heterocycles. The van der Waals surface area contributed by atoms with Crippen LogP contribution in [0.4, 0.5) is 24.8 Å². The molecule has 0 radical (unpaired) electrons. The Morgan fingerprint density at radius 3 is 2.52 bits per heavy atom. The highest BCUT2D eigenvalue weighted by atomic mass is 19.3. The average molecular weight is 382 g/mol. The molecule has 0 bridgehead atoms. The van der Waals surface area contributed by atoms with E-state index in [0.29, 0.717) is 5.56 Å². The lowest BCUT2D eigenvalue weighted by Crippen LogP contribution is -2.27. The molecule has 10 heteroatoms. The Morgan fingerprint density at radius 2 is 1.96 bits per heavy atom. The van der Waals surface area contributed by atoms with Crippen molar-refractivity contribution in [3.05, 3.63) is 59.4 Å². The van der Waals surface area contributed by atoms with E-state index in [0.717, 1.165) is 17.1 Å². The van der Waals surface area contributed by atoms with Crippen LogP contribution in [0.25, 0.3) is 0 Å². The summed E-state index contributed by atoms with van der Waals surface area (Å²) in [7, 11) is 0. The molecule has 0 spiro atoms. The third-order valence-electron chi connectivity index (χ3n) is 3.63. The van der Waals surface area contributed by atoms with Crippen LogP contribution in [0.15, 0.2) is 42.5 Å². The van der Waals surface area contributed by atoms with Crippen LogP contribution in [0, 0.1) is 5.82 Å². The molecule has 1 aromatic carbocycles. The van der Waals surface area contributed by atoms with Crippen LogP contribution in [0.2, 0.25) is 0 Å². The van der Waals surface area contributed by atoms with Gasteiger partial charge in [0.1, 0.15) is 5.82 Å². The lowest BCUT2D eigenvalue weighted by Gasteiger charge is -2.17. The lowest BCUT2D eigenvalue weighted by atomic mass is 10.0. The minimum absolute atomic E-state index is 0.123. The topological polar surface area (TPSA) is 113 Å². The maximum absolute atomic E-state index is 13.3. The SMILES string of the molecule is CC(C)(O)c1cnc(NC/C(N)=C/N(N)c2ccc(F)c(C(F)F)c2)nc1. The van der Waals surface area contributed by atoms with Crippen molar-refractivity contribution in [3.8, 4) is 0 Å². The number of halogens is 3. The highest BCUT2D eigenvalue weighted by Crippen LogP contribution is 2.26. The average Bonchev–Trinajstić information content (AvgIpc) is 2.59. The molecule has 0 aliphatic rings. The Kier molecular flexibility index (Phi) is 6.24. The zero-order valence-electron chi connectivity index (χ0n) is 14.8. The standard InChI is InChI=1S/C17H21F3N6O/c1-17(2,27)10-6-23-16(24-7-10)25-8-11(21)9-26(22)12-3-4-14(18)13(5-12)15(19)20/h3-7,9,15,27H,8,21-22H2,1-2H3,(H,23,24,25)/b11-9-. The second-order valence-corrected chi connectivity index (χ2v) is 6.33. The van der Waals surface area contributed by atoms with E-state index in [1.165, 1.54) is 24.7 Å². The predicted octanol–water partition coefficient (Wildman–Crippen LogP) is 2.37. The highest BCUT2D eigenvalue weighted by molar-refractivity contribution is 5.50. The molecule has 0 unspecified atom stereocenters. The summed E-state index contributed by atoms with van der Waals surface area (Å²) in [6.45, 7) is 3.35. The number of nitrogens with two attached hydrogens (primary N) is 2. The van der Waals surface area contributed by atoms with E-state index in [1.54, 1.807) is 13.8 Å². The van der Waals surface area contributed by atoms with Gasteiger partial charge in [-0.3, -0.25) is 5.01 Å². The Morgan fingerprint density at radius 1 is 1.33 bits per heavy atom. The Hall–Kier alpha value is -2.85. The van der Waals surface area contributed by atoms with Crippen LogP contribution in [0.3, 0.4) is 0 Å². The minimum Gasteiger partial charge on any atom is -0.399 e. The monoisotopic (exact) mass is 382 g/mol. The van der Waals surface area contributed by atoms with Gasteiger partial charge in [-0.05, 0) is 32.0 Å². The van der Waals surface area contributed by atoms with Gasteiger partial charge in [-0.2, -0.15) is 0 Å². The molecular formula is C17H21F3N6O. The first-order chi connectivity index (χ1) is 12.6. The van der Waals surface area contributed by atoms with Crippen molar-refractivity contribution in [1.29, 1.82) is 0 Å². The summed E-state index contributed by atoms with van der Waals surface area (Å²) in [6.07, 6.45) is 1.31. The van der Waals surface area contributed by atoms with Gasteiger partial charge in [0.15, 0.2) is 0 Å². The van der Waals surface area contributed by atoms with Gasteiger partial charge < -0.3 is 16.2 Å². The van der Waals surface area contributed by atoms with Gasteiger partial charge in [-0.1, -0.05) is 0 Å². The van der Waals surface area contributed by atoms with Gasteiger partial charge in [0.05, 0.1) is 23.4 Å². The second kappa shape index (κ2) is 8.23. The van der Waals surface area contributed by atoms with Crippen LogP contribution in [0.5, 0.6) is 0 Å². The summed E-state index contributed by atoms with van der Waals surface area (Å²) in [5.41, 5.74) is 5.02. The number of hydrogen-bond donors (Lipinski definition) is 4. The molecule has 2 rings (SSSR count). The van der Waals surface area contributed by atoms with Crippen LogP contribution in [-0.4, -0.2) is 21.6 Å². The predicted molar refractivity (Wildman–Crippen MR) is 96.1 cm³/mol. The van der Waals surface area contributed by atoms with E-state index in [4.69, 9.17) is 11.6 Å². The van der Waals surface area contributed by atoms with Crippen molar-refractivity contribution in [3.63, 3.8) is 0 Å². The smallest absolute Gasteiger partial charge is 0.266 e. The van der Waals surface area contributed by atoms with Crippen LogP contribution in [-0.2, 0) is 5.60 Å². The number of nitrogens with one attached hydrogen (secondary N) is 1. The molecule has 0 atom stereocenters. The molecule has 146 valence electrons. The Balaban J connectivity index is 2.02. The van der Waals surface area contributed by atoms with Crippen molar-refractivity contribution in [2.24, 2.45) is 11.6 Å². The number of anilines is 2. The fourth-order valence-corrected chi connectivity index (χ4v) is 2.07. The van der Waals surface area contributed by atoms with Crippen molar-refractivity contribution in [1.82, 2.24) is 9.97 Å². The largest absolute Gasteiger partial charge is 0.399 e. The molecule has 27 heavy (non-hydrogen) atoms. The normalized spacial score (nSPS) is 12.4. The van der Waals surface area contributed by atoms with E-state index in [-0.39, 0.29) is 23.9 Å². The second-order valence-electron chi connectivity index (χ2n) is 6.33. The zero-order chi connectivity index (χ0) is 20.2. The van der Waals surface area contributed by atoms with Gasteiger partial charge in [0.25, 0.3) is 6.43 Å². The summed E-state index contributed by atoms with van der Waals surface area (Å²) in [6, 6.07) is 3.13. The molecule has 0 amide bonds. The molecule has 6 N–H and O–H groups in total. The van der Waals surface area contributed by atoms with Crippen LogP contribution in [0.1, 0.15) is 31.4 Å². The quantitative estimate of drug-likeness (QED) is 0.429. The van der Waals surface area contributed by atoms with E-state index in [2.05, 4.69) is 15.3 Å². The molecule has 1 heterocycles. The first kappa shape index (κ1) is 20.5. The number of rotatable bonds is 7. The number of nitrogens with zero attached hydrogens (tertiary/aromatic N) is 3. The van der Waals surface area contributed by atoms with Crippen LogP contribution >= 0.6 is 0 Å². The van der Waals surface area contributed by atoms with E-state index >= 15 is 0 Å². The van der Waals surface area contributed by atoms with Gasteiger partial charge in [-0.25, -0.2) is 29.0 Å². The molecule has 0 saturated heterocycles. The van der Waals surface area contributed by atoms with E-state index in [1.807, 2.05) is 0 Å². The van der Waals surface area contributed by atoms with Crippen molar-refractivity contribution < 1.29 is 18.3 Å². The summed E-state index contributed by atoms with van der Waals surface area (Å²) in [5.74, 6) is 5.05. The maximum Gasteiger partial charge on any atom is 0.266 e. The molecule has 0 aliphatic heterocycles. The van der Waals surface area contributed by atoms with Gasteiger partial charge in [-0.15, -0.1) is 0 Å². The van der Waals surface area contributed by atoms with Gasteiger partial charge in [0, 0.05) is 29.9 Å². The number of hydrazine groups is 1. The molecule has 0 saturated carbocycles. The number of aromatic nitrogens is 2. The number of alkyl halides is 2. The first-order valence-electron chi connectivity index (χ1n) is 7.94.